The van der Waals surface area contributed by atoms with Crippen molar-refractivity contribution in [1.82, 2.24) is 0 Å². The van der Waals surface area contributed by atoms with Crippen LogP contribution in [-0.4, -0.2) is 17.7 Å². The molecular formula is C14H18F2O3. The molecule has 0 bridgehead atoms. The molecular weight excluding hydrogens is 254 g/mol. The van der Waals surface area contributed by atoms with Gasteiger partial charge in [0.1, 0.15) is 11.6 Å². The summed E-state index contributed by atoms with van der Waals surface area (Å²) in [5, 5.41) is 9.74. The van der Waals surface area contributed by atoms with Crippen molar-refractivity contribution in [3.63, 3.8) is 0 Å². The minimum absolute atomic E-state index is 0.00168. The van der Waals surface area contributed by atoms with E-state index in [-0.39, 0.29) is 18.4 Å². The topological polar surface area (TPSA) is 46.5 Å². The van der Waals surface area contributed by atoms with Gasteiger partial charge in [-0.3, -0.25) is 4.79 Å². The van der Waals surface area contributed by atoms with Crippen LogP contribution in [0.4, 0.5) is 8.78 Å². The predicted molar refractivity (Wildman–Crippen MR) is 66.4 cm³/mol. The lowest BCUT2D eigenvalue weighted by Gasteiger charge is -2.11. The number of ether oxygens (including phenoxy) is 1. The molecule has 3 nitrogen and oxygen atoms in total. The molecule has 0 aromatic heterocycles. The number of rotatable bonds is 7. The fourth-order valence-electron chi connectivity index (χ4n) is 1.58. The first-order valence-corrected chi connectivity index (χ1v) is 6.33. The molecule has 0 saturated carbocycles. The zero-order valence-corrected chi connectivity index (χ0v) is 10.9. The Labute approximate surface area is 111 Å². The summed E-state index contributed by atoms with van der Waals surface area (Å²) in [5.41, 5.74) is -0.0113. The number of hydrogen-bond acceptors (Lipinski definition) is 3. The van der Waals surface area contributed by atoms with E-state index in [2.05, 4.69) is 0 Å². The van der Waals surface area contributed by atoms with Crippen molar-refractivity contribution in [2.24, 2.45) is 0 Å². The van der Waals surface area contributed by atoms with Crippen molar-refractivity contribution in [3.8, 4) is 0 Å². The van der Waals surface area contributed by atoms with Gasteiger partial charge >= 0.3 is 5.97 Å². The highest BCUT2D eigenvalue weighted by atomic mass is 19.1. The van der Waals surface area contributed by atoms with E-state index in [1.807, 2.05) is 6.92 Å². The molecule has 5 heteroatoms. The highest BCUT2D eigenvalue weighted by Crippen LogP contribution is 2.22. The summed E-state index contributed by atoms with van der Waals surface area (Å²) in [4.78, 5) is 11.3. The normalized spacial score (nSPS) is 12.2. The molecule has 106 valence electrons. The van der Waals surface area contributed by atoms with E-state index in [0.29, 0.717) is 12.7 Å². The molecule has 1 rings (SSSR count). The maximum Gasteiger partial charge on any atom is 0.305 e. The van der Waals surface area contributed by atoms with E-state index in [4.69, 9.17) is 4.74 Å². The van der Waals surface area contributed by atoms with E-state index < -0.39 is 23.7 Å². The number of aliphatic hydroxyl groups is 1. The molecule has 0 saturated heterocycles. The number of benzene rings is 1. The molecule has 0 aliphatic rings. The molecule has 1 aromatic rings. The van der Waals surface area contributed by atoms with Gasteiger partial charge in [0.05, 0.1) is 12.7 Å². The van der Waals surface area contributed by atoms with Crippen molar-refractivity contribution in [2.45, 2.75) is 38.7 Å². The average molecular weight is 272 g/mol. The molecule has 1 aromatic carbocycles. The highest BCUT2D eigenvalue weighted by Gasteiger charge is 2.15. The van der Waals surface area contributed by atoms with Gasteiger partial charge in [-0.1, -0.05) is 19.4 Å². The third-order valence-electron chi connectivity index (χ3n) is 2.70. The first-order chi connectivity index (χ1) is 9.04. The number of halogens is 2. The molecule has 0 fully saturated rings. The standard InChI is InChI=1S/C14H18F2O3/c1-2-3-8-19-14(18)7-6-13(17)11-5-4-10(15)9-12(11)16/h4-5,9,13,17H,2-3,6-8H2,1H3. The molecule has 0 aliphatic heterocycles. The van der Waals surface area contributed by atoms with Gasteiger partial charge in [-0.25, -0.2) is 8.78 Å². The number of carbonyl (C=O) groups excluding carboxylic acids is 1. The Morgan fingerprint density at radius 3 is 2.79 bits per heavy atom. The summed E-state index contributed by atoms with van der Waals surface area (Å²) in [6.45, 7) is 2.34. The average Bonchev–Trinajstić information content (AvgIpc) is 2.36. The van der Waals surface area contributed by atoms with Crippen LogP contribution in [0.15, 0.2) is 18.2 Å². The zero-order valence-electron chi connectivity index (χ0n) is 10.9. The van der Waals surface area contributed by atoms with E-state index in [1.165, 1.54) is 6.07 Å². The third kappa shape index (κ3) is 5.34. The molecule has 1 N–H and O–H groups in total. The lowest BCUT2D eigenvalue weighted by atomic mass is 10.0. The number of esters is 1. The first kappa shape index (κ1) is 15.6. The summed E-state index contributed by atoms with van der Waals surface area (Å²) >= 11 is 0. The SMILES string of the molecule is CCCCOC(=O)CCC(O)c1ccc(F)cc1F. The molecule has 1 unspecified atom stereocenters. The third-order valence-corrected chi connectivity index (χ3v) is 2.70. The first-order valence-electron chi connectivity index (χ1n) is 6.33. The minimum atomic E-state index is -1.14. The second kappa shape index (κ2) is 7.84. The Morgan fingerprint density at radius 2 is 2.16 bits per heavy atom. The maximum atomic E-state index is 13.4. The monoisotopic (exact) mass is 272 g/mol. The second-order valence-corrected chi connectivity index (χ2v) is 4.29. The quantitative estimate of drug-likeness (QED) is 0.612. The summed E-state index contributed by atoms with van der Waals surface area (Å²) < 4.78 is 31.0. The Kier molecular flexibility index (Phi) is 6.42. The Hall–Kier alpha value is -1.49. The molecule has 19 heavy (non-hydrogen) atoms. The summed E-state index contributed by atoms with van der Waals surface area (Å²) in [5.74, 6) is -1.94. The number of unbranched alkanes of at least 4 members (excludes halogenated alkanes) is 1. The van der Waals surface area contributed by atoms with E-state index in [1.54, 1.807) is 0 Å². The van der Waals surface area contributed by atoms with Gasteiger partial charge < -0.3 is 9.84 Å². The molecule has 0 aliphatic carbocycles. The van der Waals surface area contributed by atoms with Gasteiger partial charge in [0.15, 0.2) is 0 Å². The fourth-order valence-corrected chi connectivity index (χ4v) is 1.58. The lowest BCUT2D eigenvalue weighted by molar-refractivity contribution is -0.144. The van der Waals surface area contributed by atoms with Crippen molar-refractivity contribution in [2.75, 3.05) is 6.61 Å². The highest BCUT2D eigenvalue weighted by molar-refractivity contribution is 5.69. The van der Waals surface area contributed by atoms with E-state index >= 15 is 0 Å². The smallest absolute Gasteiger partial charge is 0.305 e. The predicted octanol–water partition coefficient (Wildman–Crippen LogP) is 3.12. The number of hydrogen-bond donors (Lipinski definition) is 1. The van der Waals surface area contributed by atoms with Gasteiger partial charge in [0.2, 0.25) is 0 Å². The zero-order chi connectivity index (χ0) is 14.3. The van der Waals surface area contributed by atoms with Gasteiger partial charge in [0, 0.05) is 18.1 Å². The maximum absolute atomic E-state index is 13.4. The van der Waals surface area contributed by atoms with Crippen LogP contribution in [0.5, 0.6) is 0 Å². The second-order valence-electron chi connectivity index (χ2n) is 4.29. The van der Waals surface area contributed by atoms with Crippen LogP contribution in [0.1, 0.15) is 44.3 Å². The largest absolute Gasteiger partial charge is 0.466 e. The van der Waals surface area contributed by atoms with Gasteiger partial charge in [-0.05, 0) is 18.9 Å². The van der Waals surface area contributed by atoms with Crippen LogP contribution in [0.3, 0.4) is 0 Å². The molecule has 0 spiro atoms. The van der Waals surface area contributed by atoms with Gasteiger partial charge in [0.25, 0.3) is 0 Å². The summed E-state index contributed by atoms with van der Waals surface area (Å²) in [6.07, 6.45) is 0.631. The Bertz CT molecular complexity index is 421. The number of aliphatic hydroxyl groups excluding tert-OH is 1. The fraction of sp³-hybridized carbons (Fsp3) is 0.500. The van der Waals surface area contributed by atoms with Gasteiger partial charge in [-0.15, -0.1) is 0 Å². The van der Waals surface area contributed by atoms with Crippen molar-refractivity contribution >= 4 is 5.97 Å². The van der Waals surface area contributed by atoms with E-state index in [0.717, 1.165) is 18.9 Å². The molecule has 1 atom stereocenters. The van der Waals surface area contributed by atoms with Gasteiger partial charge in [-0.2, -0.15) is 0 Å². The van der Waals surface area contributed by atoms with Crippen LogP contribution in [0.2, 0.25) is 0 Å². The summed E-state index contributed by atoms with van der Waals surface area (Å²) in [7, 11) is 0. The Morgan fingerprint density at radius 1 is 1.42 bits per heavy atom. The van der Waals surface area contributed by atoms with Crippen LogP contribution in [0.25, 0.3) is 0 Å². The van der Waals surface area contributed by atoms with Crippen LogP contribution in [-0.2, 0) is 9.53 Å². The lowest BCUT2D eigenvalue weighted by Crippen LogP contribution is -2.09. The van der Waals surface area contributed by atoms with E-state index in [9.17, 15) is 18.7 Å². The molecule has 0 radical (unpaired) electrons. The molecule has 0 amide bonds. The molecule has 0 heterocycles. The minimum Gasteiger partial charge on any atom is -0.466 e. The van der Waals surface area contributed by atoms with Crippen LogP contribution in [0, 0.1) is 11.6 Å². The summed E-state index contributed by atoms with van der Waals surface area (Å²) in [6, 6.07) is 2.96. The van der Waals surface area contributed by atoms with Crippen molar-refractivity contribution in [1.29, 1.82) is 0 Å². The van der Waals surface area contributed by atoms with Crippen molar-refractivity contribution in [3.05, 3.63) is 35.4 Å². The van der Waals surface area contributed by atoms with Crippen LogP contribution < -0.4 is 0 Å². The Balaban J connectivity index is 2.42. The van der Waals surface area contributed by atoms with Crippen molar-refractivity contribution < 1.29 is 23.4 Å². The van der Waals surface area contributed by atoms with Crippen LogP contribution >= 0.6 is 0 Å². The number of carbonyl (C=O) groups is 1.